The number of hydrogen-bond acceptors (Lipinski definition) is 2. The first-order chi connectivity index (χ1) is 6.89. The molecule has 0 radical (unpaired) electrons. The zero-order valence-corrected chi connectivity index (χ0v) is 11.1. The number of methoxy groups -OCH3 is 1. The van der Waals surface area contributed by atoms with E-state index < -0.39 is 5.41 Å². The Balaban J connectivity index is 3.25. The Bertz CT molecular complexity index is 388. The van der Waals surface area contributed by atoms with E-state index in [0.717, 1.165) is 10.0 Å². The van der Waals surface area contributed by atoms with E-state index in [1.165, 1.54) is 7.11 Å². The third kappa shape index (κ3) is 2.52. The van der Waals surface area contributed by atoms with Crippen molar-refractivity contribution in [3.8, 4) is 0 Å². The first-order valence-corrected chi connectivity index (χ1v) is 5.60. The number of rotatable bonds is 2. The van der Waals surface area contributed by atoms with Gasteiger partial charge in [-0.2, -0.15) is 0 Å². The van der Waals surface area contributed by atoms with Crippen LogP contribution < -0.4 is 0 Å². The molecule has 0 saturated heterocycles. The lowest BCUT2D eigenvalue weighted by molar-refractivity contribution is -0.146. The summed E-state index contributed by atoms with van der Waals surface area (Å²) in [6.45, 7) is 3.57. The molecule has 0 amide bonds. The molecule has 0 aliphatic heterocycles. The highest BCUT2D eigenvalue weighted by Gasteiger charge is 2.32. The van der Waals surface area contributed by atoms with Gasteiger partial charge in [0.05, 0.1) is 12.5 Å². The second-order valence-electron chi connectivity index (χ2n) is 3.74. The van der Waals surface area contributed by atoms with Crippen LogP contribution in [0.5, 0.6) is 0 Å². The minimum absolute atomic E-state index is 0.303. The van der Waals surface area contributed by atoms with Crippen LogP contribution in [-0.4, -0.2) is 13.1 Å². The van der Waals surface area contributed by atoms with Gasteiger partial charge < -0.3 is 4.74 Å². The fourth-order valence-electron chi connectivity index (χ4n) is 1.34. The number of halogens is 2. The maximum Gasteiger partial charge on any atom is 0.315 e. The molecule has 0 aromatic heterocycles. The molecule has 1 rings (SSSR count). The van der Waals surface area contributed by atoms with Gasteiger partial charge in [-0.3, -0.25) is 4.79 Å². The molecule has 4 heteroatoms. The lowest BCUT2D eigenvalue weighted by Gasteiger charge is -2.23. The van der Waals surface area contributed by atoms with Crippen LogP contribution in [0, 0.1) is 0 Å². The summed E-state index contributed by atoms with van der Waals surface area (Å²) in [4.78, 5) is 11.6. The minimum Gasteiger partial charge on any atom is -0.468 e. The van der Waals surface area contributed by atoms with Crippen molar-refractivity contribution in [2.75, 3.05) is 7.11 Å². The van der Waals surface area contributed by atoms with Crippen LogP contribution in [0.4, 0.5) is 0 Å². The van der Waals surface area contributed by atoms with Crippen molar-refractivity contribution in [2.24, 2.45) is 0 Å². The molecule has 0 fully saturated rings. The molecule has 2 nitrogen and oxygen atoms in total. The van der Waals surface area contributed by atoms with E-state index in [-0.39, 0.29) is 5.97 Å². The van der Waals surface area contributed by atoms with E-state index in [2.05, 4.69) is 15.9 Å². The molecule has 0 aliphatic carbocycles. The van der Waals surface area contributed by atoms with Crippen LogP contribution >= 0.6 is 27.5 Å². The Morgan fingerprint density at radius 2 is 2.07 bits per heavy atom. The quantitative estimate of drug-likeness (QED) is 0.779. The molecule has 0 aliphatic rings. The van der Waals surface area contributed by atoms with Gasteiger partial charge in [-0.25, -0.2) is 0 Å². The van der Waals surface area contributed by atoms with E-state index in [0.29, 0.717) is 5.02 Å². The molecule has 1 aromatic rings. The minimum atomic E-state index is -0.740. The van der Waals surface area contributed by atoms with Gasteiger partial charge in [-0.05, 0) is 37.6 Å². The van der Waals surface area contributed by atoms with Crippen molar-refractivity contribution < 1.29 is 9.53 Å². The number of ether oxygens (including phenoxy) is 1. The summed E-state index contributed by atoms with van der Waals surface area (Å²) in [7, 11) is 1.37. The maximum atomic E-state index is 11.6. The molecule has 82 valence electrons. The molecule has 0 unspecified atom stereocenters. The average molecular weight is 292 g/mol. The van der Waals surface area contributed by atoms with Gasteiger partial charge in [-0.15, -0.1) is 0 Å². The van der Waals surface area contributed by atoms with Crippen molar-refractivity contribution >= 4 is 33.5 Å². The number of esters is 1. The van der Waals surface area contributed by atoms with Crippen molar-refractivity contribution in [2.45, 2.75) is 19.3 Å². The standard InChI is InChI=1S/C11H12BrClO2/c1-11(2,10(14)15-3)8-6-7(12)4-5-9(8)13/h4-6H,1-3H3. The molecule has 0 atom stereocenters. The normalized spacial score (nSPS) is 11.3. The predicted molar refractivity (Wildman–Crippen MR) is 64.2 cm³/mol. The van der Waals surface area contributed by atoms with E-state index in [4.69, 9.17) is 16.3 Å². The van der Waals surface area contributed by atoms with Gasteiger partial charge in [0, 0.05) is 9.50 Å². The summed E-state index contributed by atoms with van der Waals surface area (Å²) < 4.78 is 5.64. The SMILES string of the molecule is COC(=O)C(C)(C)c1cc(Br)ccc1Cl. The molecular weight excluding hydrogens is 279 g/mol. The van der Waals surface area contributed by atoms with Crippen LogP contribution in [0.2, 0.25) is 5.02 Å². The number of benzene rings is 1. The largest absolute Gasteiger partial charge is 0.468 e. The van der Waals surface area contributed by atoms with Gasteiger partial charge in [-0.1, -0.05) is 27.5 Å². The van der Waals surface area contributed by atoms with E-state index in [1.807, 2.05) is 12.1 Å². The monoisotopic (exact) mass is 290 g/mol. The molecule has 0 N–H and O–H groups in total. The van der Waals surface area contributed by atoms with Crippen LogP contribution in [0.15, 0.2) is 22.7 Å². The molecular formula is C11H12BrClO2. The summed E-state index contributed by atoms with van der Waals surface area (Å²) in [6, 6.07) is 5.42. The number of carbonyl (C=O) groups is 1. The summed E-state index contributed by atoms with van der Waals surface area (Å²) in [5.41, 5.74) is 0.0145. The van der Waals surface area contributed by atoms with Crippen molar-refractivity contribution in [3.05, 3.63) is 33.3 Å². The summed E-state index contributed by atoms with van der Waals surface area (Å²) in [5.74, 6) is -0.303. The third-order valence-electron chi connectivity index (χ3n) is 2.30. The van der Waals surface area contributed by atoms with Crippen LogP contribution in [-0.2, 0) is 14.9 Å². The van der Waals surface area contributed by atoms with Gasteiger partial charge in [0.1, 0.15) is 0 Å². The maximum absolute atomic E-state index is 11.6. The van der Waals surface area contributed by atoms with Gasteiger partial charge >= 0.3 is 5.97 Å². The summed E-state index contributed by atoms with van der Waals surface area (Å²) in [5, 5.41) is 0.564. The molecule has 1 aromatic carbocycles. The Morgan fingerprint density at radius 1 is 1.47 bits per heavy atom. The molecule has 0 heterocycles. The summed E-state index contributed by atoms with van der Waals surface area (Å²) >= 11 is 9.40. The molecule has 15 heavy (non-hydrogen) atoms. The van der Waals surface area contributed by atoms with E-state index in [9.17, 15) is 4.79 Å². The van der Waals surface area contributed by atoms with E-state index >= 15 is 0 Å². The van der Waals surface area contributed by atoms with Crippen molar-refractivity contribution in [3.63, 3.8) is 0 Å². The third-order valence-corrected chi connectivity index (χ3v) is 3.12. The average Bonchev–Trinajstić information content (AvgIpc) is 2.20. The van der Waals surface area contributed by atoms with E-state index in [1.54, 1.807) is 19.9 Å². The van der Waals surface area contributed by atoms with Crippen molar-refractivity contribution in [1.29, 1.82) is 0 Å². The fourth-order valence-corrected chi connectivity index (χ4v) is 2.06. The van der Waals surface area contributed by atoms with Gasteiger partial charge in [0.25, 0.3) is 0 Å². The van der Waals surface area contributed by atoms with Crippen LogP contribution in [0.3, 0.4) is 0 Å². The lowest BCUT2D eigenvalue weighted by atomic mass is 9.85. The van der Waals surface area contributed by atoms with Crippen LogP contribution in [0.1, 0.15) is 19.4 Å². The van der Waals surface area contributed by atoms with Gasteiger partial charge in [0.15, 0.2) is 0 Å². The number of hydrogen-bond donors (Lipinski definition) is 0. The first kappa shape index (κ1) is 12.5. The van der Waals surface area contributed by atoms with Crippen LogP contribution in [0.25, 0.3) is 0 Å². The Morgan fingerprint density at radius 3 is 2.60 bits per heavy atom. The second kappa shape index (κ2) is 4.54. The highest BCUT2D eigenvalue weighted by Crippen LogP contribution is 2.32. The zero-order chi connectivity index (χ0) is 11.6. The second-order valence-corrected chi connectivity index (χ2v) is 5.06. The Kier molecular flexibility index (Phi) is 3.79. The number of carbonyl (C=O) groups excluding carboxylic acids is 1. The summed E-state index contributed by atoms with van der Waals surface area (Å²) in [6.07, 6.45) is 0. The lowest BCUT2D eigenvalue weighted by Crippen LogP contribution is -2.30. The fraction of sp³-hybridized carbons (Fsp3) is 0.364. The first-order valence-electron chi connectivity index (χ1n) is 4.43. The Labute approximate surface area is 103 Å². The topological polar surface area (TPSA) is 26.3 Å². The highest BCUT2D eigenvalue weighted by atomic mass is 79.9. The molecule has 0 saturated carbocycles. The van der Waals surface area contributed by atoms with Crippen molar-refractivity contribution in [1.82, 2.24) is 0 Å². The smallest absolute Gasteiger partial charge is 0.315 e. The Hall–Kier alpha value is -0.540. The van der Waals surface area contributed by atoms with Gasteiger partial charge in [0.2, 0.25) is 0 Å². The molecule has 0 bridgehead atoms. The molecule has 0 spiro atoms. The zero-order valence-electron chi connectivity index (χ0n) is 8.80. The highest BCUT2D eigenvalue weighted by molar-refractivity contribution is 9.10. The predicted octanol–water partition coefficient (Wildman–Crippen LogP) is 3.55.